The summed E-state index contributed by atoms with van der Waals surface area (Å²) >= 11 is 0. The van der Waals surface area contributed by atoms with Gasteiger partial charge in [-0.2, -0.15) is 5.10 Å². The van der Waals surface area contributed by atoms with Crippen molar-refractivity contribution in [3.05, 3.63) is 48.4 Å². The molecular weight excluding hydrogens is 382 g/mol. The first-order valence-electron chi connectivity index (χ1n) is 10.0. The first kappa shape index (κ1) is 20.1. The van der Waals surface area contributed by atoms with Gasteiger partial charge in [-0.05, 0) is 30.2 Å². The van der Waals surface area contributed by atoms with E-state index in [1.54, 1.807) is 14.2 Å². The number of aromatic nitrogens is 3. The van der Waals surface area contributed by atoms with E-state index in [1.165, 1.54) is 6.33 Å². The van der Waals surface area contributed by atoms with Crippen LogP contribution in [-0.4, -0.2) is 58.7 Å². The molecule has 2 aromatic heterocycles. The molecule has 0 spiro atoms. The van der Waals surface area contributed by atoms with E-state index >= 15 is 0 Å². The lowest BCUT2D eigenvalue weighted by Crippen LogP contribution is -2.52. The van der Waals surface area contributed by atoms with Crippen molar-refractivity contribution in [2.45, 2.75) is 19.0 Å². The van der Waals surface area contributed by atoms with E-state index in [1.807, 2.05) is 41.0 Å². The minimum Gasteiger partial charge on any atom is -0.497 e. The van der Waals surface area contributed by atoms with Crippen LogP contribution in [0.2, 0.25) is 0 Å². The van der Waals surface area contributed by atoms with Crippen molar-refractivity contribution in [3.63, 3.8) is 0 Å². The van der Waals surface area contributed by atoms with Crippen LogP contribution in [0.25, 0.3) is 5.52 Å². The van der Waals surface area contributed by atoms with Crippen molar-refractivity contribution in [2.75, 3.05) is 32.6 Å². The van der Waals surface area contributed by atoms with Crippen molar-refractivity contribution in [2.24, 2.45) is 11.7 Å². The number of amides is 1. The molecule has 1 aliphatic rings. The molecule has 0 unspecified atom stereocenters. The molecule has 30 heavy (non-hydrogen) atoms. The van der Waals surface area contributed by atoms with Gasteiger partial charge in [0.2, 0.25) is 5.91 Å². The molecule has 3 aromatic rings. The Hall–Kier alpha value is -3.17. The molecular formula is C21H27N7O2. The van der Waals surface area contributed by atoms with Gasteiger partial charge in [0.25, 0.3) is 0 Å². The summed E-state index contributed by atoms with van der Waals surface area (Å²) in [5.74, 6) is 1.28. The Labute approximate surface area is 175 Å². The van der Waals surface area contributed by atoms with Crippen molar-refractivity contribution >= 4 is 22.9 Å². The van der Waals surface area contributed by atoms with Crippen LogP contribution in [0.15, 0.2) is 42.9 Å². The number of rotatable bonds is 6. The number of nitrogens with two attached hydrogens (primary N) is 1. The standard InChI is InChI=1S/C21H27N7O2/c1-23-21(29)17-12-27(8-7-18(17)22)11-14-6-9-28-19(14)20(24-13-25-28)26-15-4-3-5-16(10-15)30-2/h3-6,9-10,13,17-18H,7-8,11-12,22H2,1-2H3,(H,23,29)(H,24,25,26)/t17-,18-/m0/s1. The molecule has 1 fully saturated rings. The molecule has 1 aromatic carbocycles. The number of benzene rings is 1. The third kappa shape index (κ3) is 4.07. The fraction of sp³-hybridized carbons (Fsp3) is 0.381. The van der Waals surface area contributed by atoms with Gasteiger partial charge in [-0.1, -0.05) is 6.07 Å². The Morgan fingerprint density at radius 2 is 2.23 bits per heavy atom. The predicted octanol–water partition coefficient (Wildman–Crippen LogP) is 1.38. The number of carbonyl (C=O) groups excluding carboxylic acids is 1. The summed E-state index contributed by atoms with van der Waals surface area (Å²) < 4.78 is 7.13. The molecule has 9 heteroatoms. The highest BCUT2D eigenvalue weighted by Crippen LogP contribution is 2.27. The number of hydrogen-bond acceptors (Lipinski definition) is 7. The van der Waals surface area contributed by atoms with Crippen molar-refractivity contribution in [1.29, 1.82) is 0 Å². The molecule has 0 saturated carbocycles. The van der Waals surface area contributed by atoms with Gasteiger partial charge in [0.05, 0.1) is 13.0 Å². The SMILES string of the molecule is CNC(=O)[C@H]1CN(Cc2ccn3ncnc(Nc4cccc(OC)c4)c23)CC[C@@H]1N. The molecule has 1 amide bonds. The number of fused-ring (bicyclic) bond motifs is 1. The van der Waals surface area contributed by atoms with E-state index in [0.29, 0.717) is 13.1 Å². The normalized spacial score (nSPS) is 19.6. The number of nitrogens with one attached hydrogen (secondary N) is 2. The van der Waals surface area contributed by atoms with Crippen LogP contribution in [0, 0.1) is 5.92 Å². The fourth-order valence-corrected chi connectivity index (χ4v) is 3.96. The van der Waals surface area contributed by atoms with Crippen LogP contribution in [0.4, 0.5) is 11.5 Å². The Bertz CT molecular complexity index is 1040. The quantitative estimate of drug-likeness (QED) is 0.564. The maximum Gasteiger partial charge on any atom is 0.225 e. The van der Waals surface area contributed by atoms with Gasteiger partial charge in [0, 0.05) is 50.7 Å². The second-order valence-electron chi connectivity index (χ2n) is 7.51. The average molecular weight is 409 g/mol. The number of nitrogens with zero attached hydrogens (tertiary/aromatic N) is 4. The summed E-state index contributed by atoms with van der Waals surface area (Å²) in [6.07, 6.45) is 4.24. The topological polar surface area (TPSA) is 110 Å². The zero-order valence-electron chi connectivity index (χ0n) is 17.2. The highest BCUT2D eigenvalue weighted by atomic mass is 16.5. The Morgan fingerprint density at radius 3 is 3.03 bits per heavy atom. The maximum absolute atomic E-state index is 12.2. The van der Waals surface area contributed by atoms with Gasteiger partial charge in [0.15, 0.2) is 5.82 Å². The summed E-state index contributed by atoms with van der Waals surface area (Å²) in [7, 11) is 3.30. The van der Waals surface area contributed by atoms with Crippen LogP contribution in [-0.2, 0) is 11.3 Å². The van der Waals surface area contributed by atoms with E-state index in [2.05, 4.69) is 25.6 Å². The van der Waals surface area contributed by atoms with Gasteiger partial charge >= 0.3 is 0 Å². The average Bonchev–Trinajstić information content (AvgIpc) is 3.18. The smallest absolute Gasteiger partial charge is 0.225 e. The van der Waals surface area contributed by atoms with E-state index in [0.717, 1.165) is 41.3 Å². The molecule has 0 bridgehead atoms. The molecule has 1 aliphatic heterocycles. The lowest BCUT2D eigenvalue weighted by atomic mass is 9.92. The third-order valence-corrected chi connectivity index (χ3v) is 5.60. The van der Waals surface area contributed by atoms with Crippen LogP contribution in [0.5, 0.6) is 5.75 Å². The Balaban J connectivity index is 1.59. The summed E-state index contributed by atoms with van der Waals surface area (Å²) in [5, 5.41) is 10.4. The largest absolute Gasteiger partial charge is 0.497 e. The van der Waals surface area contributed by atoms with Gasteiger partial charge in [-0.3, -0.25) is 9.69 Å². The van der Waals surface area contributed by atoms with Gasteiger partial charge < -0.3 is 21.1 Å². The number of methoxy groups -OCH3 is 1. The highest BCUT2D eigenvalue weighted by Gasteiger charge is 2.31. The third-order valence-electron chi connectivity index (χ3n) is 5.60. The van der Waals surface area contributed by atoms with Gasteiger partial charge in [-0.25, -0.2) is 9.50 Å². The number of likely N-dealkylation sites (tertiary alicyclic amines) is 1. The molecule has 158 valence electrons. The first-order valence-corrected chi connectivity index (χ1v) is 10.0. The minimum atomic E-state index is -0.205. The number of carbonyl (C=O) groups is 1. The fourth-order valence-electron chi connectivity index (χ4n) is 3.96. The van der Waals surface area contributed by atoms with Gasteiger partial charge in [0.1, 0.15) is 17.6 Å². The van der Waals surface area contributed by atoms with Crippen LogP contribution in [0.1, 0.15) is 12.0 Å². The predicted molar refractivity (Wildman–Crippen MR) is 115 cm³/mol. The molecule has 4 N–H and O–H groups in total. The van der Waals surface area contributed by atoms with Crippen molar-refractivity contribution < 1.29 is 9.53 Å². The van der Waals surface area contributed by atoms with Gasteiger partial charge in [-0.15, -0.1) is 0 Å². The second kappa shape index (κ2) is 8.68. The van der Waals surface area contributed by atoms with E-state index in [9.17, 15) is 4.79 Å². The summed E-state index contributed by atoms with van der Waals surface area (Å²) in [5.41, 5.74) is 9.06. The van der Waals surface area contributed by atoms with Crippen molar-refractivity contribution in [3.8, 4) is 5.75 Å². The molecule has 1 saturated heterocycles. The number of ether oxygens (including phenoxy) is 1. The van der Waals surface area contributed by atoms with Crippen LogP contribution in [0.3, 0.4) is 0 Å². The molecule has 0 radical (unpaired) electrons. The Kier molecular flexibility index (Phi) is 5.82. The number of anilines is 2. The second-order valence-corrected chi connectivity index (χ2v) is 7.51. The maximum atomic E-state index is 12.2. The molecule has 0 aliphatic carbocycles. The van der Waals surface area contributed by atoms with E-state index < -0.39 is 0 Å². The first-order chi connectivity index (χ1) is 14.6. The monoisotopic (exact) mass is 409 g/mol. The van der Waals surface area contributed by atoms with E-state index in [-0.39, 0.29) is 17.9 Å². The lowest BCUT2D eigenvalue weighted by Gasteiger charge is -2.35. The summed E-state index contributed by atoms with van der Waals surface area (Å²) in [6.45, 7) is 2.17. The number of piperidine rings is 1. The zero-order valence-corrected chi connectivity index (χ0v) is 17.2. The Morgan fingerprint density at radius 1 is 1.37 bits per heavy atom. The minimum absolute atomic E-state index is 0.00217. The summed E-state index contributed by atoms with van der Waals surface area (Å²) in [6, 6.07) is 9.64. The van der Waals surface area contributed by atoms with E-state index in [4.69, 9.17) is 10.5 Å². The lowest BCUT2D eigenvalue weighted by molar-refractivity contribution is -0.126. The van der Waals surface area contributed by atoms with Crippen molar-refractivity contribution in [1.82, 2.24) is 24.8 Å². The zero-order chi connectivity index (χ0) is 21.1. The van der Waals surface area contributed by atoms with Crippen LogP contribution >= 0.6 is 0 Å². The molecule has 4 rings (SSSR count). The number of hydrogen-bond donors (Lipinski definition) is 3. The molecule has 2 atom stereocenters. The molecule has 9 nitrogen and oxygen atoms in total. The summed E-state index contributed by atoms with van der Waals surface area (Å²) in [4.78, 5) is 18.9. The molecule has 3 heterocycles. The highest BCUT2D eigenvalue weighted by molar-refractivity contribution is 5.79. The van der Waals surface area contributed by atoms with Crippen LogP contribution < -0.4 is 21.1 Å².